The maximum Gasteiger partial charge on any atom is 0.309 e. The minimum atomic E-state index is -0.685. The van der Waals surface area contributed by atoms with Gasteiger partial charge in [0.1, 0.15) is 0 Å². The molecule has 0 spiro atoms. The number of carbonyl (C=O) groups is 1. The van der Waals surface area contributed by atoms with E-state index in [0.29, 0.717) is 5.41 Å². The minimum Gasteiger partial charge on any atom is -0.481 e. The van der Waals surface area contributed by atoms with Gasteiger partial charge in [-0.15, -0.1) is 0 Å². The molecule has 1 aromatic rings. The van der Waals surface area contributed by atoms with Gasteiger partial charge in [-0.2, -0.15) is 0 Å². The number of hydrogen-bond donors (Lipinski definition) is 1. The highest BCUT2D eigenvalue weighted by Crippen LogP contribution is 2.29. The van der Waals surface area contributed by atoms with E-state index in [9.17, 15) is 9.90 Å². The van der Waals surface area contributed by atoms with Crippen LogP contribution in [0.5, 0.6) is 0 Å². The molecule has 0 aromatic heterocycles. The zero-order valence-corrected chi connectivity index (χ0v) is 19.8. The summed E-state index contributed by atoms with van der Waals surface area (Å²) in [6.07, 6.45) is 10.1. The molecule has 0 aliphatic rings. The lowest BCUT2D eigenvalue weighted by Crippen LogP contribution is -2.23. The van der Waals surface area contributed by atoms with Crippen molar-refractivity contribution in [1.82, 2.24) is 0 Å². The van der Waals surface area contributed by atoms with Crippen LogP contribution in [0.3, 0.4) is 0 Å². The molecule has 0 unspecified atom stereocenters. The molecule has 1 aromatic carbocycles. The number of aliphatic carboxylic acids is 1. The van der Waals surface area contributed by atoms with Crippen molar-refractivity contribution in [3.05, 3.63) is 33.9 Å². The minimum absolute atomic E-state index is 0.421. The highest BCUT2D eigenvalue weighted by atomic mass is 16.4. The van der Waals surface area contributed by atoms with Crippen molar-refractivity contribution < 1.29 is 9.90 Å². The smallest absolute Gasteiger partial charge is 0.309 e. The Hall–Kier alpha value is -1.31. The Balaban J connectivity index is 2.69. The van der Waals surface area contributed by atoms with Crippen LogP contribution in [0.1, 0.15) is 107 Å². The lowest BCUT2D eigenvalue weighted by molar-refractivity contribution is -0.147. The van der Waals surface area contributed by atoms with Crippen LogP contribution >= 0.6 is 0 Å². The van der Waals surface area contributed by atoms with Crippen LogP contribution in [-0.2, 0) is 17.6 Å². The number of carboxylic acids is 1. The molecule has 2 heteroatoms. The third kappa shape index (κ3) is 7.97. The van der Waals surface area contributed by atoms with Gasteiger partial charge < -0.3 is 5.11 Å². The van der Waals surface area contributed by atoms with Gasteiger partial charge in [-0.3, -0.25) is 4.79 Å². The third-order valence-corrected chi connectivity index (χ3v) is 6.23. The quantitative estimate of drug-likeness (QED) is 0.397. The first-order valence-electron chi connectivity index (χ1n) is 11.2. The maximum atomic E-state index is 11.3. The van der Waals surface area contributed by atoms with Gasteiger partial charge in [-0.1, -0.05) is 46.1 Å². The summed E-state index contributed by atoms with van der Waals surface area (Å²) in [5, 5.41) is 9.26. The molecule has 0 saturated heterocycles. The Morgan fingerprint density at radius 3 is 1.89 bits per heavy atom. The standard InChI is InChI=1S/C26H44O2/c1-19-18-20(2)22(14-11-13-16-25(4,5)6)23(21(19)3)15-10-9-12-17-26(7,8)24(27)28/h18H,9-17H2,1-8H3,(H,27,28). The first kappa shape index (κ1) is 24.7. The molecule has 160 valence electrons. The van der Waals surface area contributed by atoms with E-state index in [1.165, 1.54) is 42.4 Å². The van der Waals surface area contributed by atoms with Gasteiger partial charge in [0.05, 0.1) is 5.41 Å². The first-order chi connectivity index (χ1) is 12.8. The molecule has 0 atom stereocenters. The zero-order chi connectivity index (χ0) is 21.5. The summed E-state index contributed by atoms with van der Waals surface area (Å²) in [6, 6.07) is 2.35. The van der Waals surface area contributed by atoms with Gasteiger partial charge in [-0.25, -0.2) is 0 Å². The van der Waals surface area contributed by atoms with E-state index < -0.39 is 11.4 Å². The Morgan fingerprint density at radius 1 is 0.786 bits per heavy atom. The average molecular weight is 389 g/mol. The van der Waals surface area contributed by atoms with E-state index in [1.807, 2.05) is 13.8 Å². The van der Waals surface area contributed by atoms with Crippen molar-refractivity contribution in [2.45, 2.75) is 113 Å². The molecular formula is C26H44O2. The van der Waals surface area contributed by atoms with Crippen LogP contribution in [0, 0.1) is 31.6 Å². The summed E-state index contributed by atoms with van der Waals surface area (Å²) < 4.78 is 0. The zero-order valence-electron chi connectivity index (χ0n) is 19.8. The van der Waals surface area contributed by atoms with Gasteiger partial charge in [-0.05, 0) is 106 Å². The molecule has 0 aliphatic heterocycles. The average Bonchev–Trinajstić information content (AvgIpc) is 2.56. The van der Waals surface area contributed by atoms with Crippen molar-refractivity contribution in [2.24, 2.45) is 10.8 Å². The fraction of sp³-hybridized carbons (Fsp3) is 0.731. The van der Waals surface area contributed by atoms with Crippen molar-refractivity contribution in [1.29, 1.82) is 0 Å². The van der Waals surface area contributed by atoms with E-state index >= 15 is 0 Å². The number of benzene rings is 1. The lowest BCUT2D eigenvalue weighted by Gasteiger charge is -2.21. The van der Waals surface area contributed by atoms with Gasteiger partial charge in [0.2, 0.25) is 0 Å². The second kappa shape index (κ2) is 10.5. The topological polar surface area (TPSA) is 37.3 Å². The Bertz CT molecular complexity index is 647. The molecule has 0 aliphatic carbocycles. The van der Waals surface area contributed by atoms with Gasteiger partial charge in [0.15, 0.2) is 0 Å². The van der Waals surface area contributed by atoms with Crippen LogP contribution < -0.4 is 0 Å². The van der Waals surface area contributed by atoms with Crippen molar-refractivity contribution in [2.75, 3.05) is 0 Å². The van der Waals surface area contributed by atoms with Gasteiger partial charge in [0.25, 0.3) is 0 Å². The normalized spacial score (nSPS) is 12.4. The predicted molar refractivity (Wildman–Crippen MR) is 121 cm³/mol. The Kier molecular flexibility index (Phi) is 9.24. The molecule has 2 nitrogen and oxygen atoms in total. The molecule has 1 rings (SSSR count). The summed E-state index contributed by atoms with van der Waals surface area (Å²) >= 11 is 0. The van der Waals surface area contributed by atoms with Crippen molar-refractivity contribution in [3.8, 4) is 0 Å². The number of aryl methyl sites for hydroxylation is 2. The SMILES string of the molecule is Cc1cc(C)c(CCCCC(C)(C)C)c(CCCCCC(C)(C)C(=O)O)c1C. The maximum absolute atomic E-state index is 11.3. The summed E-state index contributed by atoms with van der Waals surface area (Å²) in [4.78, 5) is 11.3. The van der Waals surface area contributed by atoms with Crippen LogP contribution in [0.4, 0.5) is 0 Å². The van der Waals surface area contributed by atoms with Crippen LogP contribution in [0.15, 0.2) is 6.07 Å². The summed E-state index contributed by atoms with van der Waals surface area (Å²) in [7, 11) is 0. The second-order valence-corrected chi connectivity index (χ2v) is 10.6. The van der Waals surface area contributed by atoms with Crippen molar-refractivity contribution in [3.63, 3.8) is 0 Å². The summed E-state index contributed by atoms with van der Waals surface area (Å²) in [5.41, 5.74) is 7.26. The van der Waals surface area contributed by atoms with Crippen LogP contribution in [0.25, 0.3) is 0 Å². The Morgan fingerprint density at radius 2 is 1.32 bits per heavy atom. The van der Waals surface area contributed by atoms with E-state index in [1.54, 1.807) is 11.1 Å². The lowest BCUT2D eigenvalue weighted by atomic mass is 9.85. The van der Waals surface area contributed by atoms with E-state index in [-0.39, 0.29) is 0 Å². The van der Waals surface area contributed by atoms with Gasteiger partial charge in [0, 0.05) is 0 Å². The summed E-state index contributed by atoms with van der Waals surface area (Å²) in [5.74, 6) is -0.685. The summed E-state index contributed by atoms with van der Waals surface area (Å²) in [6.45, 7) is 17.4. The number of unbranched alkanes of at least 4 members (excludes halogenated alkanes) is 3. The van der Waals surface area contributed by atoms with Crippen molar-refractivity contribution >= 4 is 5.97 Å². The highest BCUT2D eigenvalue weighted by molar-refractivity contribution is 5.73. The van der Waals surface area contributed by atoms with E-state index in [4.69, 9.17) is 0 Å². The molecule has 0 fully saturated rings. The molecule has 0 saturated carbocycles. The van der Waals surface area contributed by atoms with Crippen LogP contribution in [0.2, 0.25) is 0 Å². The molecule has 0 bridgehead atoms. The Labute approximate surface area is 174 Å². The molecule has 1 N–H and O–H groups in total. The fourth-order valence-electron chi connectivity index (χ4n) is 4.02. The van der Waals surface area contributed by atoms with E-state index in [2.05, 4.69) is 47.6 Å². The van der Waals surface area contributed by atoms with E-state index in [0.717, 1.165) is 32.1 Å². The molecule has 0 amide bonds. The fourth-order valence-corrected chi connectivity index (χ4v) is 4.02. The third-order valence-electron chi connectivity index (χ3n) is 6.23. The second-order valence-electron chi connectivity index (χ2n) is 10.6. The molecule has 0 heterocycles. The highest BCUT2D eigenvalue weighted by Gasteiger charge is 2.26. The first-order valence-corrected chi connectivity index (χ1v) is 11.2. The number of rotatable bonds is 11. The predicted octanol–water partition coefficient (Wildman–Crippen LogP) is 7.58. The molecule has 28 heavy (non-hydrogen) atoms. The molecule has 0 radical (unpaired) electrons. The number of carboxylic acid groups (broad SMARTS) is 1. The van der Waals surface area contributed by atoms with Crippen LogP contribution in [-0.4, -0.2) is 11.1 Å². The number of hydrogen-bond acceptors (Lipinski definition) is 1. The molecular weight excluding hydrogens is 344 g/mol. The monoisotopic (exact) mass is 388 g/mol. The van der Waals surface area contributed by atoms with Gasteiger partial charge >= 0.3 is 5.97 Å². The largest absolute Gasteiger partial charge is 0.481 e.